The number of aromatic nitrogens is 2. The molecule has 4 aromatic heterocycles. The zero-order valence-corrected chi connectivity index (χ0v) is 61.0. The first-order valence-electron chi connectivity index (χ1n) is 39.4. The number of nitrogens with zero attached hydrogens (tertiary/aromatic N) is 2. The molecule has 7 aromatic rings. The molecule has 0 saturated heterocycles. The molecule has 4 heterocycles. The fourth-order valence-corrected chi connectivity index (χ4v) is 17.3. The fraction of sp³-hybridized carbons (Fsp3) is 0.651. The SMILES string of the molecule is CCCCCCCCCCCCCCCCn1c(=O)c(-c2ccccc2)cc2c1cc(-c1cc3c(CCCCCCCCCCCC)c4sc(-c5ccccc5)cc4c(CCCCCCCCCCCC)c3s1)c(=O)n2CCCCCCCCCCCCCCCC. The Bertz CT molecular complexity index is 3100. The Labute approximate surface area is 570 Å². The van der Waals surface area contributed by atoms with Crippen LogP contribution in [0, 0.1) is 0 Å². The first-order chi connectivity index (χ1) is 45.5. The highest BCUT2D eigenvalue weighted by Crippen LogP contribution is 2.47. The number of fused-ring (bicyclic) bond motifs is 3. The minimum atomic E-state index is 0.0643. The molecule has 4 nitrogen and oxygen atoms in total. The number of hydrogen-bond acceptors (Lipinski definition) is 4. The summed E-state index contributed by atoms with van der Waals surface area (Å²) >= 11 is 3.89. The molecule has 0 atom stereocenters. The third kappa shape index (κ3) is 25.4. The molecule has 0 N–H and O–H groups in total. The second kappa shape index (κ2) is 46.0. The van der Waals surface area contributed by atoms with Crippen LogP contribution >= 0.6 is 22.7 Å². The lowest BCUT2D eigenvalue weighted by molar-refractivity contribution is 0.522. The first-order valence-corrected chi connectivity index (χ1v) is 41.1. The standard InChI is InChI=1S/C86H130N2O2S2/c1-5-9-13-17-21-25-29-31-33-35-39-43-47-57-65-87-80-68-78(86(90)88(79(80)67-75(85(87)89)71-59-51-49-52-60-71)66-58-48-44-40-36-34-32-30-26-22-18-14-10-6-2)82-70-77-74(64-56-46-42-38-28-24-20-16-12-8-4)83-76(69-81(91-83)72-61-53-50-54-62-72)73(84(77)92-82)63-55-45-41-37-27-23-19-15-11-7-3/h49-54,59-62,67-70H,5-48,55-58,63-66H2,1-4H3. The Morgan fingerprint density at radius 1 is 0.283 bits per heavy atom. The van der Waals surface area contributed by atoms with Gasteiger partial charge in [-0.05, 0) is 95.8 Å². The van der Waals surface area contributed by atoms with Gasteiger partial charge in [-0.25, -0.2) is 0 Å². The third-order valence-electron chi connectivity index (χ3n) is 20.5. The van der Waals surface area contributed by atoms with Gasteiger partial charge in [0.15, 0.2) is 0 Å². The van der Waals surface area contributed by atoms with Gasteiger partial charge in [-0.3, -0.25) is 9.59 Å². The van der Waals surface area contributed by atoms with Crippen molar-refractivity contribution < 1.29 is 0 Å². The van der Waals surface area contributed by atoms with Crippen LogP contribution in [0.25, 0.3) is 63.2 Å². The maximum absolute atomic E-state index is 15.9. The number of pyridine rings is 2. The van der Waals surface area contributed by atoms with Crippen LogP contribution in [0.3, 0.4) is 0 Å². The van der Waals surface area contributed by atoms with Crippen LogP contribution in [0.5, 0.6) is 0 Å². The van der Waals surface area contributed by atoms with Crippen LogP contribution in [0.2, 0.25) is 0 Å². The lowest BCUT2D eigenvalue weighted by Gasteiger charge is -2.18. The topological polar surface area (TPSA) is 44.0 Å². The number of thiophene rings is 2. The summed E-state index contributed by atoms with van der Waals surface area (Å²) in [4.78, 5) is 33.7. The molecule has 0 aliphatic carbocycles. The highest BCUT2D eigenvalue weighted by atomic mass is 32.1. The van der Waals surface area contributed by atoms with E-state index in [9.17, 15) is 0 Å². The monoisotopic (exact) mass is 1290 g/mol. The van der Waals surface area contributed by atoms with E-state index in [4.69, 9.17) is 0 Å². The van der Waals surface area contributed by atoms with E-state index in [2.05, 4.69) is 104 Å². The van der Waals surface area contributed by atoms with E-state index in [1.165, 1.54) is 324 Å². The van der Waals surface area contributed by atoms with Crippen LogP contribution < -0.4 is 11.1 Å². The highest BCUT2D eigenvalue weighted by molar-refractivity contribution is 7.24. The van der Waals surface area contributed by atoms with Crippen LogP contribution in [0.4, 0.5) is 0 Å². The van der Waals surface area contributed by atoms with Gasteiger partial charge in [-0.15, -0.1) is 22.7 Å². The molecule has 0 unspecified atom stereocenters. The minimum absolute atomic E-state index is 0.0643. The van der Waals surface area contributed by atoms with Gasteiger partial charge in [-0.1, -0.05) is 371 Å². The van der Waals surface area contributed by atoms with Crippen molar-refractivity contribution in [2.75, 3.05) is 0 Å². The van der Waals surface area contributed by atoms with Crippen LogP contribution in [-0.4, -0.2) is 9.13 Å². The summed E-state index contributed by atoms with van der Waals surface area (Å²) < 4.78 is 7.08. The largest absolute Gasteiger partial charge is 0.306 e. The van der Waals surface area contributed by atoms with Gasteiger partial charge >= 0.3 is 0 Å². The molecule has 0 saturated carbocycles. The van der Waals surface area contributed by atoms with E-state index in [0.717, 1.165) is 65.6 Å². The van der Waals surface area contributed by atoms with Crippen molar-refractivity contribution in [3.63, 3.8) is 0 Å². The first kappa shape index (κ1) is 75.1. The van der Waals surface area contributed by atoms with Crippen molar-refractivity contribution in [1.82, 2.24) is 9.13 Å². The molecule has 508 valence electrons. The zero-order chi connectivity index (χ0) is 64.5. The van der Waals surface area contributed by atoms with Crippen molar-refractivity contribution in [3.05, 3.63) is 117 Å². The number of rotatable bonds is 55. The average molecular weight is 1290 g/mol. The number of hydrogen-bond donors (Lipinski definition) is 0. The second-order valence-corrected chi connectivity index (χ2v) is 30.4. The normalized spacial score (nSPS) is 11.9. The van der Waals surface area contributed by atoms with Crippen molar-refractivity contribution in [1.29, 1.82) is 0 Å². The fourth-order valence-electron chi connectivity index (χ4n) is 14.7. The predicted octanol–water partition coefficient (Wildman–Crippen LogP) is 28.5. The number of unbranched alkanes of at least 4 members (excludes halogenated alkanes) is 44. The van der Waals surface area contributed by atoms with E-state index < -0.39 is 0 Å². The Kier molecular flexibility index (Phi) is 37.6. The second-order valence-electron chi connectivity index (χ2n) is 28.3. The predicted molar refractivity (Wildman–Crippen MR) is 411 cm³/mol. The molecular weight excluding hydrogens is 1160 g/mol. The lowest BCUT2D eigenvalue weighted by atomic mass is 9.94. The highest BCUT2D eigenvalue weighted by Gasteiger charge is 2.24. The zero-order valence-electron chi connectivity index (χ0n) is 59.4. The molecule has 6 heteroatoms. The Morgan fingerprint density at radius 2 is 0.554 bits per heavy atom. The van der Waals surface area contributed by atoms with Gasteiger partial charge in [0.05, 0.1) is 16.6 Å². The Balaban J connectivity index is 1.23. The van der Waals surface area contributed by atoms with Crippen molar-refractivity contribution in [2.24, 2.45) is 0 Å². The van der Waals surface area contributed by atoms with Gasteiger partial charge in [0.25, 0.3) is 11.1 Å². The summed E-state index contributed by atoms with van der Waals surface area (Å²) in [6, 6.07) is 30.7. The molecule has 0 aliphatic heterocycles. The molecule has 0 amide bonds. The maximum atomic E-state index is 15.9. The van der Waals surface area contributed by atoms with Crippen molar-refractivity contribution in [2.45, 2.75) is 362 Å². The van der Waals surface area contributed by atoms with Crippen LogP contribution in [-0.2, 0) is 25.9 Å². The summed E-state index contributed by atoms with van der Waals surface area (Å²) in [5, 5.41) is 2.81. The summed E-state index contributed by atoms with van der Waals surface area (Å²) in [6.45, 7) is 10.5. The van der Waals surface area contributed by atoms with Gasteiger partial charge in [0, 0.05) is 37.8 Å². The van der Waals surface area contributed by atoms with Crippen molar-refractivity contribution >= 4 is 53.9 Å². The summed E-state index contributed by atoms with van der Waals surface area (Å²) in [6.07, 6.45) is 65.0. The number of aryl methyl sites for hydroxylation is 4. The molecule has 0 bridgehead atoms. The summed E-state index contributed by atoms with van der Waals surface area (Å²) in [7, 11) is 0. The van der Waals surface area contributed by atoms with Gasteiger partial charge in [0.1, 0.15) is 0 Å². The Morgan fingerprint density at radius 3 is 0.902 bits per heavy atom. The van der Waals surface area contributed by atoms with Gasteiger partial charge in [0.2, 0.25) is 0 Å². The van der Waals surface area contributed by atoms with E-state index in [0.29, 0.717) is 18.7 Å². The molecule has 0 spiro atoms. The third-order valence-corrected chi connectivity index (χ3v) is 22.9. The van der Waals surface area contributed by atoms with Crippen molar-refractivity contribution in [3.8, 4) is 32.0 Å². The Hall–Kier alpha value is -4.26. The lowest BCUT2D eigenvalue weighted by Crippen LogP contribution is -2.28. The van der Waals surface area contributed by atoms with Crippen LogP contribution in [0.1, 0.15) is 347 Å². The van der Waals surface area contributed by atoms with E-state index >= 15 is 9.59 Å². The average Bonchev–Trinajstić information content (AvgIpc) is 1.44. The smallest absolute Gasteiger partial charge is 0.259 e. The maximum Gasteiger partial charge on any atom is 0.259 e. The van der Waals surface area contributed by atoms with Gasteiger partial charge < -0.3 is 9.13 Å². The molecule has 0 radical (unpaired) electrons. The quantitative estimate of drug-likeness (QED) is 0.0357. The molecule has 0 fully saturated rings. The summed E-state index contributed by atoms with van der Waals surface area (Å²) in [5.74, 6) is 0. The van der Waals surface area contributed by atoms with Crippen LogP contribution in [0.15, 0.2) is 94.5 Å². The molecule has 92 heavy (non-hydrogen) atoms. The molecule has 0 aliphatic rings. The number of benzene rings is 3. The molecule has 3 aromatic carbocycles. The summed E-state index contributed by atoms with van der Waals surface area (Å²) in [5.41, 5.74) is 8.68. The van der Waals surface area contributed by atoms with E-state index in [1.807, 2.05) is 40.9 Å². The van der Waals surface area contributed by atoms with Gasteiger partial charge in [-0.2, -0.15) is 0 Å². The van der Waals surface area contributed by atoms with E-state index in [-0.39, 0.29) is 11.1 Å². The molecular formula is C86H130N2O2S2. The van der Waals surface area contributed by atoms with E-state index in [1.54, 1.807) is 0 Å². The molecule has 7 rings (SSSR count). The minimum Gasteiger partial charge on any atom is -0.306 e.